The Balaban J connectivity index is 2.21. The first-order valence-electron chi connectivity index (χ1n) is 6.33. The van der Waals surface area contributed by atoms with Crippen molar-refractivity contribution in [2.24, 2.45) is 0 Å². The van der Waals surface area contributed by atoms with E-state index in [0.29, 0.717) is 13.1 Å². The fourth-order valence-corrected chi connectivity index (χ4v) is 3.30. The molecule has 2 rings (SSSR count). The van der Waals surface area contributed by atoms with Crippen LogP contribution in [0.2, 0.25) is 0 Å². The molecule has 110 valence electrons. The number of hydrogen-bond donors (Lipinski definition) is 2. The maximum absolute atomic E-state index is 12.2. The third-order valence-corrected chi connectivity index (χ3v) is 4.53. The molecule has 1 aliphatic heterocycles. The molecule has 0 unspecified atom stereocenters. The molecule has 0 spiro atoms. The van der Waals surface area contributed by atoms with Crippen molar-refractivity contribution >= 4 is 22.0 Å². The highest BCUT2D eigenvalue weighted by atomic mass is 32.2. The molecular formula is C11H16N4O4S. The zero-order valence-electron chi connectivity index (χ0n) is 10.8. The molecule has 0 amide bonds. The van der Waals surface area contributed by atoms with Gasteiger partial charge >= 0.3 is 16.2 Å². The predicted molar refractivity (Wildman–Crippen MR) is 71.6 cm³/mol. The van der Waals surface area contributed by atoms with Crippen LogP contribution in [-0.4, -0.2) is 46.9 Å². The van der Waals surface area contributed by atoms with E-state index in [2.05, 4.69) is 14.7 Å². The fraction of sp³-hybridized carbons (Fsp3) is 0.545. The van der Waals surface area contributed by atoms with E-state index in [1.807, 2.05) is 0 Å². The second kappa shape index (κ2) is 6.14. The van der Waals surface area contributed by atoms with Gasteiger partial charge in [-0.25, -0.2) is 14.8 Å². The summed E-state index contributed by atoms with van der Waals surface area (Å²) in [6.45, 7) is 0.857. The minimum atomic E-state index is -3.80. The Morgan fingerprint density at radius 3 is 2.35 bits per heavy atom. The lowest BCUT2D eigenvalue weighted by molar-refractivity contribution is 0.0691. The van der Waals surface area contributed by atoms with E-state index >= 15 is 0 Å². The van der Waals surface area contributed by atoms with Crippen LogP contribution >= 0.6 is 0 Å². The molecule has 1 aromatic rings. The zero-order chi connectivity index (χ0) is 14.6. The van der Waals surface area contributed by atoms with E-state index in [0.717, 1.165) is 25.7 Å². The van der Waals surface area contributed by atoms with Gasteiger partial charge < -0.3 is 5.11 Å². The van der Waals surface area contributed by atoms with Crippen molar-refractivity contribution in [1.82, 2.24) is 14.3 Å². The van der Waals surface area contributed by atoms with Crippen LogP contribution in [0.4, 0.5) is 5.82 Å². The molecule has 9 heteroatoms. The number of aromatic nitrogens is 2. The summed E-state index contributed by atoms with van der Waals surface area (Å²) in [4.78, 5) is 18.3. The van der Waals surface area contributed by atoms with Crippen molar-refractivity contribution in [3.63, 3.8) is 0 Å². The van der Waals surface area contributed by atoms with Gasteiger partial charge in [0.05, 0.1) is 0 Å². The highest BCUT2D eigenvalue weighted by Crippen LogP contribution is 2.16. The number of anilines is 1. The summed E-state index contributed by atoms with van der Waals surface area (Å²) in [7, 11) is -3.80. The van der Waals surface area contributed by atoms with Crippen molar-refractivity contribution in [2.75, 3.05) is 17.8 Å². The first kappa shape index (κ1) is 14.7. The normalized spacial score (nSPS) is 17.4. The summed E-state index contributed by atoms with van der Waals surface area (Å²) in [5.74, 6) is -1.59. The molecule has 1 saturated heterocycles. The van der Waals surface area contributed by atoms with Gasteiger partial charge in [-0.3, -0.25) is 4.72 Å². The summed E-state index contributed by atoms with van der Waals surface area (Å²) >= 11 is 0. The molecule has 20 heavy (non-hydrogen) atoms. The lowest BCUT2D eigenvalue weighted by Crippen LogP contribution is -2.37. The molecule has 0 bridgehead atoms. The predicted octanol–water partition coefficient (Wildman–Crippen LogP) is 0.707. The summed E-state index contributed by atoms with van der Waals surface area (Å²) < 4.78 is 28.0. The minimum absolute atomic E-state index is 0.260. The average molecular weight is 300 g/mol. The topological polar surface area (TPSA) is 112 Å². The van der Waals surface area contributed by atoms with E-state index in [4.69, 9.17) is 5.11 Å². The van der Waals surface area contributed by atoms with Crippen LogP contribution in [0, 0.1) is 0 Å². The Kier molecular flexibility index (Phi) is 4.50. The maximum Gasteiger partial charge on any atom is 0.358 e. The minimum Gasteiger partial charge on any atom is -0.476 e. The Bertz CT molecular complexity index is 582. The Hall–Kier alpha value is -1.74. The summed E-state index contributed by atoms with van der Waals surface area (Å²) in [6.07, 6.45) is 6.04. The van der Waals surface area contributed by atoms with Crippen molar-refractivity contribution in [3.05, 3.63) is 18.1 Å². The van der Waals surface area contributed by atoms with Crippen molar-refractivity contribution in [1.29, 1.82) is 0 Å². The number of nitrogens with zero attached hydrogens (tertiary/aromatic N) is 3. The van der Waals surface area contributed by atoms with Crippen molar-refractivity contribution in [2.45, 2.75) is 25.7 Å². The van der Waals surface area contributed by atoms with Crippen LogP contribution in [0.5, 0.6) is 0 Å². The largest absolute Gasteiger partial charge is 0.476 e. The Labute approximate surface area is 117 Å². The molecule has 0 aliphatic carbocycles. The van der Waals surface area contributed by atoms with Gasteiger partial charge in [-0.05, 0) is 12.8 Å². The van der Waals surface area contributed by atoms with Gasteiger partial charge in [-0.1, -0.05) is 12.8 Å². The highest BCUT2D eigenvalue weighted by molar-refractivity contribution is 7.90. The Morgan fingerprint density at radius 2 is 1.75 bits per heavy atom. The zero-order valence-corrected chi connectivity index (χ0v) is 11.6. The second-order valence-electron chi connectivity index (χ2n) is 4.48. The molecular weight excluding hydrogens is 284 g/mol. The summed E-state index contributed by atoms with van der Waals surface area (Å²) in [5.41, 5.74) is -0.411. The molecule has 0 radical (unpaired) electrons. The first-order chi connectivity index (χ1) is 9.50. The molecule has 2 N–H and O–H groups in total. The van der Waals surface area contributed by atoms with E-state index in [-0.39, 0.29) is 5.82 Å². The number of nitrogens with one attached hydrogen (secondary N) is 1. The monoisotopic (exact) mass is 300 g/mol. The summed E-state index contributed by atoms with van der Waals surface area (Å²) in [5, 5.41) is 8.97. The van der Waals surface area contributed by atoms with E-state index < -0.39 is 21.9 Å². The smallest absolute Gasteiger partial charge is 0.358 e. The third-order valence-electron chi connectivity index (χ3n) is 3.03. The van der Waals surface area contributed by atoms with Crippen LogP contribution in [0.25, 0.3) is 0 Å². The Morgan fingerprint density at radius 1 is 1.15 bits per heavy atom. The van der Waals surface area contributed by atoms with Crippen LogP contribution < -0.4 is 4.72 Å². The molecule has 1 aromatic heterocycles. The van der Waals surface area contributed by atoms with E-state index in [1.54, 1.807) is 0 Å². The molecule has 2 heterocycles. The molecule has 1 fully saturated rings. The molecule has 0 aromatic carbocycles. The number of aromatic carboxylic acids is 1. The summed E-state index contributed by atoms with van der Waals surface area (Å²) in [6, 6.07) is 0. The molecule has 1 aliphatic rings. The maximum atomic E-state index is 12.2. The lowest BCUT2D eigenvalue weighted by atomic mass is 10.2. The average Bonchev–Trinajstić information content (AvgIpc) is 2.68. The van der Waals surface area contributed by atoms with Gasteiger partial charge in [0.1, 0.15) is 0 Å². The molecule has 0 saturated carbocycles. The third kappa shape index (κ3) is 3.42. The van der Waals surface area contributed by atoms with Gasteiger partial charge in [-0.15, -0.1) is 0 Å². The first-order valence-corrected chi connectivity index (χ1v) is 7.77. The SMILES string of the molecule is O=C(O)c1nccnc1NS(=O)(=O)N1CCCCCC1. The van der Waals surface area contributed by atoms with Gasteiger partial charge in [0.25, 0.3) is 0 Å². The van der Waals surface area contributed by atoms with Crippen molar-refractivity contribution < 1.29 is 18.3 Å². The molecule has 0 atom stereocenters. The highest BCUT2D eigenvalue weighted by Gasteiger charge is 2.25. The van der Waals surface area contributed by atoms with E-state index in [1.165, 1.54) is 16.7 Å². The molecule has 8 nitrogen and oxygen atoms in total. The second-order valence-corrected chi connectivity index (χ2v) is 6.15. The van der Waals surface area contributed by atoms with Gasteiger partial charge in [-0.2, -0.15) is 12.7 Å². The van der Waals surface area contributed by atoms with Crippen LogP contribution in [0.3, 0.4) is 0 Å². The standard InChI is InChI=1S/C11H16N4O4S/c16-11(17)9-10(13-6-5-12-9)14-20(18,19)15-7-3-1-2-4-8-15/h5-6H,1-4,7-8H2,(H,13,14)(H,16,17). The van der Waals surface area contributed by atoms with Gasteiger partial charge in [0.2, 0.25) is 0 Å². The van der Waals surface area contributed by atoms with Crippen LogP contribution in [0.1, 0.15) is 36.2 Å². The number of carbonyl (C=O) groups is 1. The van der Waals surface area contributed by atoms with E-state index in [9.17, 15) is 13.2 Å². The lowest BCUT2D eigenvalue weighted by Gasteiger charge is -2.20. The number of rotatable bonds is 4. The van der Waals surface area contributed by atoms with Gasteiger partial charge in [0.15, 0.2) is 11.5 Å². The van der Waals surface area contributed by atoms with Gasteiger partial charge in [0, 0.05) is 25.5 Å². The van der Waals surface area contributed by atoms with Crippen molar-refractivity contribution in [3.8, 4) is 0 Å². The fourth-order valence-electron chi connectivity index (χ4n) is 2.04. The number of hydrogen-bond acceptors (Lipinski definition) is 5. The van der Waals surface area contributed by atoms with Crippen LogP contribution in [-0.2, 0) is 10.2 Å². The number of carboxylic acid groups (broad SMARTS) is 1. The number of carboxylic acids is 1. The van der Waals surface area contributed by atoms with Crippen LogP contribution in [0.15, 0.2) is 12.4 Å². The quantitative estimate of drug-likeness (QED) is 0.846.